The molecule has 6 heteroatoms. The molecule has 0 spiro atoms. The molecule has 0 radical (unpaired) electrons. The van der Waals surface area contributed by atoms with Gasteiger partial charge in [0.15, 0.2) is 0 Å². The molecule has 4 rings (SSSR count). The predicted molar refractivity (Wildman–Crippen MR) is 126 cm³/mol. The Kier molecular flexibility index (Phi) is 6.49. The number of benzene rings is 2. The minimum absolute atomic E-state index is 0.0172. The molecule has 2 aliphatic heterocycles. The highest BCUT2D eigenvalue weighted by molar-refractivity contribution is 5.71. The summed E-state index contributed by atoms with van der Waals surface area (Å²) in [4.78, 5) is 12.2. The second kappa shape index (κ2) is 8.95. The number of ether oxygens (including phenoxy) is 2. The van der Waals surface area contributed by atoms with Crippen molar-refractivity contribution in [2.45, 2.75) is 83.5 Å². The summed E-state index contributed by atoms with van der Waals surface area (Å²) in [7, 11) is 0. The number of fused-ring (bicyclic) bond motifs is 3. The van der Waals surface area contributed by atoms with Crippen molar-refractivity contribution in [1.29, 1.82) is 0 Å². The van der Waals surface area contributed by atoms with Crippen LogP contribution in [-0.4, -0.2) is 22.8 Å². The molecular formula is C28H34F2O4. The topological polar surface area (TPSA) is 55.8 Å². The number of aryl methyl sites for hydroxylation is 1. The minimum atomic E-state index is -0.920. The molecule has 2 aliphatic rings. The van der Waals surface area contributed by atoms with Gasteiger partial charge in [0.25, 0.3) is 0 Å². The first-order valence-electron chi connectivity index (χ1n) is 12.1. The van der Waals surface area contributed by atoms with Gasteiger partial charge in [-0.3, -0.25) is 4.79 Å². The molecule has 2 aromatic rings. The van der Waals surface area contributed by atoms with Gasteiger partial charge >= 0.3 is 5.97 Å². The molecule has 184 valence electrons. The lowest BCUT2D eigenvalue weighted by atomic mass is 9.70. The highest BCUT2D eigenvalue weighted by Gasteiger charge is 2.52. The Labute approximate surface area is 200 Å². The molecule has 2 aromatic carbocycles. The summed E-state index contributed by atoms with van der Waals surface area (Å²) < 4.78 is 40.2. The summed E-state index contributed by atoms with van der Waals surface area (Å²) in [6.07, 6.45) is 1.19. The molecule has 1 saturated heterocycles. The van der Waals surface area contributed by atoms with Crippen molar-refractivity contribution in [3.05, 3.63) is 64.7 Å². The summed E-state index contributed by atoms with van der Waals surface area (Å²) in [5.41, 5.74) is 2.02. The van der Waals surface area contributed by atoms with Crippen molar-refractivity contribution in [3.63, 3.8) is 0 Å². The van der Waals surface area contributed by atoms with Crippen LogP contribution >= 0.6 is 0 Å². The molecule has 0 aliphatic carbocycles. The van der Waals surface area contributed by atoms with Gasteiger partial charge in [0.1, 0.15) is 23.0 Å². The van der Waals surface area contributed by atoms with Crippen molar-refractivity contribution in [2.75, 3.05) is 0 Å². The Hall–Kier alpha value is -2.47. The maximum atomic E-state index is 13.7. The Morgan fingerprint density at radius 1 is 1.15 bits per heavy atom. The summed E-state index contributed by atoms with van der Waals surface area (Å²) >= 11 is 0. The average molecular weight is 473 g/mol. The Morgan fingerprint density at radius 2 is 1.82 bits per heavy atom. The molecule has 1 fully saturated rings. The van der Waals surface area contributed by atoms with Gasteiger partial charge in [-0.2, -0.15) is 0 Å². The van der Waals surface area contributed by atoms with E-state index in [-0.39, 0.29) is 17.4 Å². The summed E-state index contributed by atoms with van der Waals surface area (Å²) in [5, 5.41) is 9.99. The van der Waals surface area contributed by atoms with Crippen LogP contribution in [0.4, 0.5) is 8.78 Å². The molecule has 34 heavy (non-hydrogen) atoms. The smallest absolute Gasteiger partial charge is 0.309 e. The number of carboxylic acid groups (broad SMARTS) is 1. The first-order valence-corrected chi connectivity index (χ1v) is 12.1. The number of halogens is 2. The van der Waals surface area contributed by atoms with Crippen molar-refractivity contribution in [3.8, 4) is 5.75 Å². The van der Waals surface area contributed by atoms with E-state index in [0.29, 0.717) is 24.8 Å². The van der Waals surface area contributed by atoms with E-state index in [4.69, 9.17) is 9.47 Å². The lowest BCUT2D eigenvalue weighted by Gasteiger charge is -2.50. The lowest BCUT2D eigenvalue weighted by Crippen LogP contribution is -2.52. The van der Waals surface area contributed by atoms with Crippen LogP contribution in [-0.2, 0) is 21.4 Å². The highest BCUT2D eigenvalue weighted by Crippen LogP contribution is 2.53. The number of aliphatic carboxylic acids is 1. The van der Waals surface area contributed by atoms with Crippen LogP contribution in [0.1, 0.15) is 76.7 Å². The van der Waals surface area contributed by atoms with Gasteiger partial charge < -0.3 is 14.6 Å². The third-order valence-corrected chi connectivity index (χ3v) is 7.85. The number of carboxylic acids is 1. The first-order chi connectivity index (χ1) is 15.9. The van der Waals surface area contributed by atoms with Crippen molar-refractivity contribution < 1.29 is 28.2 Å². The van der Waals surface area contributed by atoms with E-state index in [1.165, 1.54) is 17.7 Å². The van der Waals surface area contributed by atoms with Crippen LogP contribution < -0.4 is 4.74 Å². The van der Waals surface area contributed by atoms with E-state index in [1.807, 2.05) is 19.9 Å². The molecule has 0 bridgehead atoms. The summed E-state index contributed by atoms with van der Waals surface area (Å²) in [6.45, 7) is 10.5. The Balaban J connectivity index is 1.67. The van der Waals surface area contributed by atoms with Crippen LogP contribution in [0.5, 0.6) is 5.75 Å². The fourth-order valence-electron chi connectivity index (χ4n) is 5.31. The Bertz CT molecular complexity index is 1060. The van der Waals surface area contributed by atoms with E-state index in [1.54, 1.807) is 0 Å². The fraction of sp³-hybridized carbons (Fsp3) is 0.536. The lowest BCUT2D eigenvalue weighted by molar-refractivity contribution is -0.188. The molecule has 4 atom stereocenters. The van der Waals surface area contributed by atoms with Crippen LogP contribution in [0.15, 0.2) is 36.4 Å². The molecule has 0 saturated carbocycles. The molecule has 4 nitrogen and oxygen atoms in total. The van der Waals surface area contributed by atoms with E-state index < -0.39 is 35.2 Å². The maximum Gasteiger partial charge on any atom is 0.309 e. The molecule has 1 N–H and O–H groups in total. The van der Waals surface area contributed by atoms with Gasteiger partial charge in [-0.05, 0) is 80.3 Å². The third-order valence-electron chi connectivity index (χ3n) is 7.85. The van der Waals surface area contributed by atoms with Crippen molar-refractivity contribution >= 4 is 5.97 Å². The summed E-state index contributed by atoms with van der Waals surface area (Å²) in [6, 6.07) is 9.65. The minimum Gasteiger partial charge on any atom is -0.487 e. The SMILES string of the molecule is CCC(C)(C)c1ccc2c(c1)[C@H]1O[C@@H](CCc3cc(F)cc(F)c3)[C@H](C(=O)O)C[C@@H]1C(C)(C)O2. The number of hydrogen-bond donors (Lipinski definition) is 1. The van der Waals surface area contributed by atoms with Crippen molar-refractivity contribution in [1.82, 2.24) is 0 Å². The van der Waals surface area contributed by atoms with Gasteiger partial charge in [-0.15, -0.1) is 0 Å². The monoisotopic (exact) mass is 472 g/mol. The first kappa shape index (κ1) is 24.6. The van der Waals surface area contributed by atoms with E-state index in [2.05, 4.69) is 32.9 Å². The van der Waals surface area contributed by atoms with Gasteiger partial charge in [-0.25, -0.2) is 8.78 Å². The maximum absolute atomic E-state index is 13.7. The zero-order valence-corrected chi connectivity index (χ0v) is 20.5. The molecule has 2 heterocycles. The van der Waals surface area contributed by atoms with E-state index in [0.717, 1.165) is 23.8 Å². The van der Waals surface area contributed by atoms with Crippen LogP contribution in [0.3, 0.4) is 0 Å². The number of carbonyl (C=O) groups is 1. The fourth-order valence-corrected chi connectivity index (χ4v) is 5.31. The standard InChI is InChI=1S/C28H34F2O4/c1-6-27(2,3)17-8-10-24-20(13-17)25-22(28(4,5)34-24)15-21(26(31)32)23(33-25)9-7-16-11-18(29)14-19(30)12-16/h8,10-14,21-23,25H,6-7,9,15H2,1-5H3,(H,31,32)/t21-,22+,23+,25-/m1/s1. The molecular weight excluding hydrogens is 438 g/mol. The Morgan fingerprint density at radius 3 is 2.44 bits per heavy atom. The second-order valence-electron chi connectivity index (χ2n) is 10.9. The van der Waals surface area contributed by atoms with Crippen LogP contribution in [0.2, 0.25) is 0 Å². The van der Waals surface area contributed by atoms with Crippen LogP contribution in [0, 0.1) is 23.5 Å². The van der Waals surface area contributed by atoms with Gasteiger partial charge in [-0.1, -0.05) is 26.8 Å². The number of hydrogen-bond acceptors (Lipinski definition) is 3. The number of rotatable bonds is 6. The zero-order chi connectivity index (χ0) is 24.8. The zero-order valence-electron chi connectivity index (χ0n) is 20.5. The highest BCUT2D eigenvalue weighted by atomic mass is 19.1. The quantitative estimate of drug-likeness (QED) is 0.514. The molecule has 0 amide bonds. The largest absolute Gasteiger partial charge is 0.487 e. The predicted octanol–water partition coefficient (Wildman–Crippen LogP) is 6.60. The van der Waals surface area contributed by atoms with Crippen LogP contribution in [0.25, 0.3) is 0 Å². The van der Waals surface area contributed by atoms with E-state index >= 15 is 0 Å². The van der Waals surface area contributed by atoms with E-state index in [9.17, 15) is 18.7 Å². The van der Waals surface area contributed by atoms with Gasteiger partial charge in [0, 0.05) is 17.5 Å². The van der Waals surface area contributed by atoms with Gasteiger partial charge in [0.2, 0.25) is 0 Å². The molecule has 0 unspecified atom stereocenters. The normalized spacial score (nSPS) is 25.7. The average Bonchev–Trinajstić information content (AvgIpc) is 2.76. The van der Waals surface area contributed by atoms with Gasteiger partial charge in [0.05, 0.1) is 18.1 Å². The molecule has 0 aromatic heterocycles. The summed E-state index contributed by atoms with van der Waals surface area (Å²) in [5.74, 6) is -2.29. The second-order valence-corrected chi connectivity index (χ2v) is 10.9. The van der Waals surface area contributed by atoms with Crippen molar-refractivity contribution in [2.24, 2.45) is 11.8 Å². The third kappa shape index (κ3) is 4.70.